The number of hydrogen-bond acceptors (Lipinski definition) is 6. The van der Waals surface area contributed by atoms with E-state index in [4.69, 9.17) is 18.9 Å². The molecule has 0 aromatic heterocycles. The Hall–Kier alpha value is -1.66. The second-order valence-electron chi connectivity index (χ2n) is 6.46. The summed E-state index contributed by atoms with van der Waals surface area (Å²) in [6.45, 7) is 13.9. The molecule has 0 spiro atoms. The molecule has 0 bridgehead atoms. The van der Waals surface area contributed by atoms with E-state index in [2.05, 4.69) is 13.2 Å². The maximum Gasteiger partial charge on any atom is 0.330 e. The molecular formula is C18H28O6. The van der Waals surface area contributed by atoms with Gasteiger partial charge in [0, 0.05) is 17.6 Å². The summed E-state index contributed by atoms with van der Waals surface area (Å²) in [5.74, 6) is -0.926. The summed E-state index contributed by atoms with van der Waals surface area (Å²) in [5, 5.41) is 0. The molecule has 24 heavy (non-hydrogen) atoms. The third-order valence-corrected chi connectivity index (χ3v) is 4.47. The topological polar surface area (TPSA) is 71.1 Å². The molecule has 0 aliphatic carbocycles. The molecule has 0 radical (unpaired) electrons. The van der Waals surface area contributed by atoms with Crippen LogP contribution in [0.5, 0.6) is 0 Å². The molecule has 1 saturated heterocycles. The lowest BCUT2D eigenvalue weighted by Crippen LogP contribution is -2.51. The van der Waals surface area contributed by atoms with Gasteiger partial charge in [-0.05, 0) is 12.8 Å². The number of hydrogen-bond donors (Lipinski definition) is 0. The van der Waals surface area contributed by atoms with Crippen molar-refractivity contribution in [2.24, 2.45) is 10.8 Å². The molecular weight excluding hydrogens is 312 g/mol. The van der Waals surface area contributed by atoms with E-state index in [9.17, 15) is 9.59 Å². The van der Waals surface area contributed by atoms with Gasteiger partial charge >= 0.3 is 11.9 Å². The van der Waals surface area contributed by atoms with Gasteiger partial charge in [-0.15, -0.1) is 0 Å². The fraction of sp³-hybridized carbons (Fsp3) is 0.667. The number of esters is 2. The first-order valence-corrected chi connectivity index (χ1v) is 8.16. The normalized spacial score (nSPS) is 24.0. The average Bonchev–Trinajstić information content (AvgIpc) is 2.62. The van der Waals surface area contributed by atoms with E-state index < -0.39 is 29.1 Å². The van der Waals surface area contributed by atoms with Crippen molar-refractivity contribution in [2.75, 3.05) is 26.4 Å². The Morgan fingerprint density at radius 2 is 1.62 bits per heavy atom. The zero-order valence-corrected chi connectivity index (χ0v) is 14.8. The summed E-state index contributed by atoms with van der Waals surface area (Å²) in [5.41, 5.74) is -0.835. The second-order valence-corrected chi connectivity index (χ2v) is 6.46. The van der Waals surface area contributed by atoms with Crippen molar-refractivity contribution in [3.8, 4) is 0 Å². The van der Waals surface area contributed by atoms with Gasteiger partial charge < -0.3 is 18.9 Å². The van der Waals surface area contributed by atoms with Crippen LogP contribution in [0.3, 0.4) is 0 Å². The summed E-state index contributed by atoms with van der Waals surface area (Å²) in [6.07, 6.45) is 3.27. The summed E-state index contributed by atoms with van der Waals surface area (Å²) < 4.78 is 22.2. The van der Waals surface area contributed by atoms with Crippen LogP contribution in [-0.4, -0.2) is 44.7 Å². The second kappa shape index (κ2) is 8.99. The highest BCUT2D eigenvalue weighted by molar-refractivity contribution is 5.81. The summed E-state index contributed by atoms with van der Waals surface area (Å²) >= 11 is 0. The largest absolute Gasteiger partial charge is 0.462 e. The zero-order chi connectivity index (χ0) is 18.2. The smallest absolute Gasteiger partial charge is 0.330 e. The average molecular weight is 340 g/mol. The number of carbonyl (C=O) groups is 2. The lowest BCUT2D eigenvalue weighted by Gasteiger charge is -2.44. The summed E-state index contributed by atoms with van der Waals surface area (Å²) in [4.78, 5) is 22.6. The SMILES string of the molecule is C=CC(=O)OCC1(C)COC(C(CC)(CC)COC(=O)C=C)OC1. The van der Waals surface area contributed by atoms with E-state index in [0.717, 1.165) is 25.0 Å². The van der Waals surface area contributed by atoms with E-state index >= 15 is 0 Å². The zero-order valence-electron chi connectivity index (χ0n) is 14.8. The maximum absolute atomic E-state index is 11.4. The van der Waals surface area contributed by atoms with Gasteiger partial charge in [-0.1, -0.05) is 33.9 Å². The van der Waals surface area contributed by atoms with E-state index in [1.54, 1.807) is 0 Å². The molecule has 1 aliphatic rings. The molecule has 0 atom stereocenters. The van der Waals surface area contributed by atoms with Crippen LogP contribution in [0, 0.1) is 10.8 Å². The molecule has 0 amide bonds. The van der Waals surface area contributed by atoms with Crippen molar-refractivity contribution in [2.45, 2.75) is 39.9 Å². The van der Waals surface area contributed by atoms with Crippen LogP contribution >= 0.6 is 0 Å². The maximum atomic E-state index is 11.4. The van der Waals surface area contributed by atoms with E-state index in [1.807, 2.05) is 20.8 Å². The van der Waals surface area contributed by atoms with Crippen LogP contribution in [0.2, 0.25) is 0 Å². The predicted octanol–water partition coefficient (Wildman–Crippen LogP) is 2.63. The van der Waals surface area contributed by atoms with E-state index in [1.165, 1.54) is 0 Å². The lowest BCUT2D eigenvalue weighted by molar-refractivity contribution is -0.284. The molecule has 6 nitrogen and oxygen atoms in total. The Labute approximate surface area is 143 Å². The van der Waals surface area contributed by atoms with Gasteiger partial charge in [0.1, 0.15) is 13.2 Å². The Morgan fingerprint density at radius 1 is 1.12 bits per heavy atom. The van der Waals surface area contributed by atoms with Crippen molar-refractivity contribution in [3.63, 3.8) is 0 Å². The van der Waals surface area contributed by atoms with Gasteiger partial charge in [0.15, 0.2) is 6.29 Å². The van der Waals surface area contributed by atoms with Gasteiger partial charge in [0.05, 0.1) is 18.6 Å². The van der Waals surface area contributed by atoms with Crippen molar-refractivity contribution < 1.29 is 28.5 Å². The van der Waals surface area contributed by atoms with Crippen LogP contribution in [0.1, 0.15) is 33.6 Å². The van der Waals surface area contributed by atoms with Gasteiger partial charge in [-0.3, -0.25) is 0 Å². The van der Waals surface area contributed by atoms with Crippen LogP contribution < -0.4 is 0 Å². The van der Waals surface area contributed by atoms with Gasteiger partial charge in [-0.2, -0.15) is 0 Å². The minimum absolute atomic E-state index is 0.196. The van der Waals surface area contributed by atoms with Crippen LogP contribution in [0.25, 0.3) is 0 Å². The molecule has 0 unspecified atom stereocenters. The van der Waals surface area contributed by atoms with Gasteiger partial charge in [0.2, 0.25) is 0 Å². The van der Waals surface area contributed by atoms with Crippen molar-refractivity contribution in [1.82, 2.24) is 0 Å². The van der Waals surface area contributed by atoms with Gasteiger partial charge in [0.25, 0.3) is 0 Å². The number of rotatable bonds is 9. The fourth-order valence-electron chi connectivity index (χ4n) is 2.51. The molecule has 6 heteroatoms. The molecule has 0 N–H and O–H groups in total. The minimum atomic E-state index is -0.478. The fourth-order valence-corrected chi connectivity index (χ4v) is 2.51. The highest BCUT2D eigenvalue weighted by Crippen LogP contribution is 2.38. The number of ether oxygens (including phenoxy) is 4. The quantitative estimate of drug-likeness (QED) is 0.475. The Morgan fingerprint density at radius 3 is 2.08 bits per heavy atom. The summed E-state index contributed by atoms with van der Waals surface area (Å²) in [6, 6.07) is 0. The Balaban J connectivity index is 2.67. The first kappa shape index (κ1) is 20.4. The standard InChI is InChI=1S/C18H28O6/c1-6-14(19)21-10-17(5)11-23-16(24-12-17)18(8-3,9-4)13-22-15(20)7-2/h6-7,16H,1-2,8-13H2,3-5H3. The monoisotopic (exact) mass is 340 g/mol. The van der Waals surface area contributed by atoms with Crippen molar-refractivity contribution in [1.29, 1.82) is 0 Å². The van der Waals surface area contributed by atoms with E-state index in [0.29, 0.717) is 13.2 Å². The number of carbonyl (C=O) groups excluding carboxylic acids is 2. The third-order valence-electron chi connectivity index (χ3n) is 4.47. The Bertz CT molecular complexity index is 458. The Kier molecular flexibility index (Phi) is 7.63. The highest BCUT2D eigenvalue weighted by atomic mass is 16.7. The third kappa shape index (κ3) is 5.18. The van der Waals surface area contributed by atoms with Crippen LogP contribution in [0.4, 0.5) is 0 Å². The van der Waals surface area contributed by atoms with Crippen LogP contribution in [0.15, 0.2) is 25.3 Å². The molecule has 1 rings (SSSR count). The van der Waals surface area contributed by atoms with Crippen molar-refractivity contribution in [3.05, 3.63) is 25.3 Å². The molecule has 1 heterocycles. The molecule has 1 aliphatic heterocycles. The first-order valence-electron chi connectivity index (χ1n) is 8.16. The molecule has 0 aromatic rings. The minimum Gasteiger partial charge on any atom is -0.462 e. The van der Waals surface area contributed by atoms with Crippen LogP contribution in [-0.2, 0) is 28.5 Å². The van der Waals surface area contributed by atoms with E-state index in [-0.39, 0.29) is 13.2 Å². The molecule has 1 fully saturated rings. The first-order chi connectivity index (χ1) is 11.3. The molecule has 0 saturated carbocycles. The summed E-state index contributed by atoms with van der Waals surface area (Å²) in [7, 11) is 0. The molecule has 136 valence electrons. The molecule has 0 aromatic carbocycles. The predicted molar refractivity (Wildman–Crippen MR) is 89.1 cm³/mol. The lowest BCUT2D eigenvalue weighted by atomic mass is 9.81. The van der Waals surface area contributed by atoms with Gasteiger partial charge in [-0.25, -0.2) is 9.59 Å². The highest BCUT2D eigenvalue weighted by Gasteiger charge is 2.44. The van der Waals surface area contributed by atoms with Crippen molar-refractivity contribution >= 4 is 11.9 Å².